The van der Waals surface area contributed by atoms with Crippen LogP contribution in [0.2, 0.25) is 0 Å². The molecule has 1 saturated heterocycles. The number of piperidine rings is 1. The zero-order valence-corrected chi connectivity index (χ0v) is 18.8. The van der Waals surface area contributed by atoms with E-state index in [2.05, 4.69) is 52.9 Å². The van der Waals surface area contributed by atoms with Gasteiger partial charge in [-0.3, -0.25) is 4.79 Å². The Kier molecular flexibility index (Phi) is 7.34. The summed E-state index contributed by atoms with van der Waals surface area (Å²) in [5, 5.41) is 3.71. The van der Waals surface area contributed by atoms with E-state index in [0.717, 1.165) is 38.2 Å². The van der Waals surface area contributed by atoms with Crippen LogP contribution in [0.1, 0.15) is 40.7 Å². The third-order valence-corrected chi connectivity index (χ3v) is 7.05. The molecule has 2 aliphatic heterocycles. The molecule has 1 fully saturated rings. The quantitative estimate of drug-likeness (QED) is 0.677. The van der Waals surface area contributed by atoms with E-state index in [1.807, 2.05) is 28.8 Å². The van der Waals surface area contributed by atoms with Crippen LogP contribution in [0.5, 0.6) is 0 Å². The predicted octanol–water partition coefficient (Wildman–Crippen LogP) is 4.20. The van der Waals surface area contributed by atoms with Crippen LogP contribution in [-0.4, -0.2) is 55.0 Å². The zero-order valence-electron chi connectivity index (χ0n) is 18.0. The largest absolute Gasteiger partial charge is 0.371 e. The molecule has 2 heterocycles. The molecule has 1 N–H and O–H groups in total. The molecule has 1 amide bonds. The van der Waals surface area contributed by atoms with E-state index in [-0.39, 0.29) is 5.91 Å². The van der Waals surface area contributed by atoms with Gasteiger partial charge in [-0.05, 0) is 79.6 Å². The van der Waals surface area contributed by atoms with Crippen LogP contribution in [-0.2, 0) is 13.0 Å². The molecular formula is C25H33N3OS. The van der Waals surface area contributed by atoms with Crippen LogP contribution in [0.15, 0.2) is 48.5 Å². The van der Waals surface area contributed by atoms with Gasteiger partial charge in [0.05, 0.1) is 0 Å². The third kappa shape index (κ3) is 5.19. The van der Waals surface area contributed by atoms with Crippen LogP contribution in [0, 0.1) is 0 Å². The molecular weight excluding hydrogens is 390 g/mol. The van der Waals surface area contributed by atoms with Crippen LogP contribution in [0.4, 0.5) is 5.69 Å². The number of carbonyl (C=O) groups excluding carboxylic acids is 1. The molecule has 0 unspecified atom stereocenters. The molecule has 0 saturated carbocycles. The monoisotopic (exact) mass is 423 g/mol. The van der Waals surface area contributed by atoms with E-state index in [9.17, 15) is 4.79 Å². The fraction of sp³-hybridized carbons (Fsp3) is 0.480. The summed E-state index contributed by atoms with van der Waals surface area (Å²) in [5.74, 6) is 1.38. The highest BCUT2D eigenvalue weighted by atomic mass is 32.2. The summed E-state index contributed by atoms with van der Waals surface area (Å²) in [4.78, 5) is 17.4. The van der Waals surface area contributed by atoms with Gasteiger partial charge in [0.15, 0.2) is 0 Å². The molecule has 160 valence electrons. The molecule has 0 aromatic heterocycles. The molecule has 2 aromatic carbocycles. The Bertz CT molecular complexity index is 831. The van der Waals surface area contributed by atoms with Crippen molar-refractivity contribution in [1.82, 2.24) is 10.2 Å². The first kappa shape index (κ1) is 21.3. The highest BCUT2D eigenvalue weighted by Crippen LogP contribution is 2.23. The van der Waals surface area contributed by atoms with Gasteiger partial charge in [0.2, 0.25) is 0 Å². The molecule has 0 aliphatic carbocycles. The topological polar surface area (TPSA) is 35.6 Å². The number of benzene rings is 2. The Balaban J connectivity index is 1.29. The smallest absolute Gasteiger partial charge is 0.254 e. The molecule has 5 heteroatoms. The second-order valence-corrected chi connectivity index (χ2v) is 9.34. The minimum absolute atomic E-state index is 0.143. The Morgan fingerprint density at radius 1 is 1.03 bits per heavy atom. The van der Waals surface area contributed by atoms with Crippen LogP contribution >= 0.6 is 11.8 Å². The van der Waals surface area contributed by atoms with Gasteiger partial charge in [-0.15, -0.1) is 0 Å². The number of nitrogens with zero attached hydrogens (tertiary/aromatic N) is 2. The van der Waals surface area contributed by atoms with Gasteiger partial charge in [0.1, 0.15) is 0 Å². The first-order valence-corrected chi connectivity index (χ1v) is 12.6. The number of thioether (sulfide) groups is 1. The van der Waals surface area contributed by atoms with Gasteiger partial charge in [0, 0.05) is 43.5 Å². The Morgan fingerprint density at radius 2 is 1.77 bits per heavy atom. The minimum atomic E-state index is 0.143. The zero-order chi connectivity index (χ0) is 20.8. The fourth-order valence-corrected chi connectivity index (χ4v) is 4.96. The maximum Gasteiger partial charge on any atom is 0.254 e. The van der Waals surface area contributed by atoms with Crippen molar-refractivity contribution in [2.24, 2.45) is 0 Å². The Labute approximate surface area is 185 Å². The SMILES string of the molecule is CSCCCNC1CCN(c2ccc(C(=O)N3CCc4ccccc4C3)cc2)CC1. The molecule has 30 heavy (non-hydrogen) atoms. The molecule has 0 atom stereocenters. The van der Waals surface area contributed by atoms with Crippen molar-refractivity contribution in [2.45, 2.75) is 38.3 Å². The average Bonchev–Trinajstić information content (AvgIpc) is 2.81. The molecule has 4 nitrogen and oxygen atoms in total. The van der Waals surface area contributed by atoms with E-state index in [1.54, 1.807) is 0 Å². The van der Waals surface area contributed by atoms with Gasteiger partial charge in [-0.25, -0.2) is 0 Å². The van der Waals surface area contributed by atoms with Gasteiger partial charge in [-0.2, -0.15) is 11.8 Å². The van der Waals surface area contributed by atoms with E-state index in [0.29, 0.717) is 12.6 Å². The third-order valence-electron chi connectivity index (χ3n) is 6.35. The van der Waals surface area contributed by atoms with Gasteiger partial charge in [-0.1, -0.05) is 24.3 Å². The maximum absolute atomic E-state index is 13.0. The van der Waals surface area contributed by atoms with Crippen molar-refractivity contribution >= 4 is 23.4 Å². The minimum Gasteiger partial charge on any atom is -0.371 e. The second-order valence-electron chi connectivity index (χ2n) is 8.35. The molecule has 0 radical (unpaired) electrons. The molecule has 4 rings (SSSR count). The highest BCUT2D eigenvalue weighted by molar-refractivity contribution is 7.98. The van der Waals surface area contributed by atoms with Crippen molar-refractivity contribution < 1.29 is 4.79 Å². The van der Waals surface area contributed by atoms with Crippen LogP contribution in [0.3, 0.4) is 0 Å². The first-order chi connectivity index (χ1) is 14.7. The number of nitrogens with one attached hydrogen (secondary N) is 1. The maximum atomic E-state index is 13.0. The highest BCUT2D eigenvalue weighted by Gasteiger charge is 2.22. The summed E-state index contributed by atoms with van der Waals surface area (Å²) in [5.41, 5.74) is 4.68. The lowest BCUT2D eigenvalue weighted by atomic mass is 9.99. The first-order valence-electron chi connectivity index (χ1n) is 11.2. The van der Waals surface area contributed by atoms with Crippen molar-refractivity contribution in [3.63, 3.8) is 0 Å². The van der Waals surface area contributed by atoms with Gasteiger partial charge >= 0.3 is 0 Å². The van der Waals surface area contributed by atoms with Crippen molar-refractivity contribution in [1.29, 1.82) is 0 Å². The molecule has 2 aliphatic rings. The lowest BCUT2D eigenvalue weighted by molar-refractivity contribution is 0.0734. The van der Waals surface area contributed by atoms with E-state index in [1.165, 1.54) is 41.8 Å². The van der Waals surface area contributed by atoms with Crippen LogP contribution in [0.25, 0.3) is 0 Å². The Hall–Kier alpha value is -1.98. The number of rotatable bonds is 7. The number of fused-ring (bicyclic) bond motifs is 1. The number of hydrogen-bond donors (Lipinski definition) is 1. The van der Waals surface area contributed by atoms with Gasteiger partial charge in [0.25, 0.3) is 5.91 Å². The number of hydrogen-bond acceptors (Lipinski definition) is 4. The summed E-state index contributed by atoms with van der Waals surface area (Å²) >= 11 is 1.92. The standard InChI is InChI=1S/C25H33N3OS/c1-30-18-4-14-26-23-12-16-27(17-13-23)24-9-7-21(8-10-24)25(29)28-15-11-20-5-2-3-6-22(20)19-28/h2-3,5-10,23,26H,4,11-19H2,1H3. The lowest BCUT2D eigenvalue weighted by Crippen LogP contribution is -2.43. The summed E-state index contributed by atoms with van der Waals surface area (Å²) in [6, 6.07) is 17.4. The van der Waals surface area contributed by atoms with Crippen molar-refractivity contribution in [3.8, 4) is 0 Å². The summed E-state index contributed by atoms with van der Waals surface area (Å²) in [6.45, 7) is 4.80. The Morgan fingerprint density at radius 3 is 2.50 bits per heavy atom. The second kappa shape index (κ2) is 10.4. The van der Waals surface area contributed by atoms with E-state index < -0.39 is 0 Å². The normalized spacial score (nSPS) is 17.1. The number of carbonyl (C=O) groups is 1. The van der Waals surface area contributed by atoms with Gasteiger partial charge < -0.3 is 15.1 Å². The molecule has 2 aromatic rings. The number of anilines is 1. The fourth-order valence-electron chi connectivity index (χ4n) is 4.53. The predicted molar refractivity (Wildman–Crippen MR) is 128 cm³/mol. The molecule has 0 spiro atoms. The van der Waals surface area contributed by atoms with Crippen molar-refractivity contribution in [3.05, 3.63) is 65.2 Å². The summed E-state index contributed by atoms with van der Waals surface area (Å²) in [7, 11) is 0. The molecule has 0 bridgehead atoms. The van der Waals surface area contributed by atoms with E-state index >= 15 is 0 Å². The van der Waals surface area contributed by atoms with Crippen LogP contribution < -0.4 is 10.2 Å². The summed E-state index contributed by atoms with van der Waals surface area (Å²) < 4.78 is 0. The van der Waals surface area contributed by atoms with E-state index in [4.69, 9.17) is 0 Å². The summed E-state index contributed by atoms with van der Waals surface area (Å²) in [6.07, 6.45) is 6.74. The average molecular weight is 424 g/mol. The number of amides is 1. The lowest BCUT2D eigenvalue weighted by Gasteiger charge is -2.34. The van der Waals surface area contributed by atoms with Crippen molar-refractivity contribution in [2.75, 3.05) is 43.1 Å².